The molecule has 4 nitrogen and oxygen atoms in total. The first kappa shape index (κ1) is 11.2. The third-order valence-electron chi connectivity index (χ3n) is 3.16. The highest BCUT2D eigenvalue weighted by Gasteiger charge is 2.20. The summed E-state index contributed by atoms with van der Waals surface area (Å²) >= 11 is 0. The van der Waals surface area contributed by atoms with Gasteiger partial charge in [-0.15, -0.1) is 0 Å². The minimum absolute atomic E-state index is 0.633. The highest BCUT2D eigenvalue weighted by Crippen LogP contribution is 2.34. The Morgan fingerprint density at radius 3 is 2.50 bits per heavy atom. The first-order valence-electron chi connectivity index (χ1n) is 5.94. The summed E-state index contributed by atoms with van der Waals surface area (Å²) in [6.07, 6.45) is 5.21. The van der Waals surface area contributed by atoms with Gasteiger partial charge in [0, 0.05) is 33.1 Å². The third kappa shape index (κ3) is 2.26. The molecule has 1 aromatic heterocycles. The molecule has 1 aliphatic rings. The summed E-state index contributed by atoms with van der Waals surface area (Å²) in [5, 5.41) is 3.11. The van der Waals surface area contributed by atoms with Crippen molar-refractivity contribution in [3.63, 3.8) is 0 Å². The molecule has 4 heteroatoms. The maximum Gasteiger partial charge on any atom is 0.227 e. The highest BCUT2D eigenvalue weighted by molar-refractivity contribution is 5.43. The molecular formula is C12H20N4. The molecule has 1 heterocycles. The Labute approximate surface area is 97.1 Å². The fraction of sp³-hybridized carbons (Fsp3) is 0.667. The van der Waals surface area contributed by atoms with Crippen LogP contribution < -0.4 is 10.2 Å². The highest BCUT2D eigenvalue weighted by atomic mass is 15.2. The molecule has 1 fully saturated rings. The summed E-state index contributed by atoms with van der Waals surface area (Å²) in [7, 11) is 5.86. The average Bonchev–Trinajstić information content (AvgIpc) is 2.81. The van der Waals surface area contributed by atoms with Crippen LogP contribution in [0.25, 0.3) is 0 Å². The normalized spacial score (nSPS) is 16.4. The number of hydrogen-bond acceptors (Lipinski definition) is 4. The van der Waals surface area contributed by atoms with E-state index < -0.39 is 0 Å². The zero-order chi connectivity index (χ0) is 11.5. The van der Waals surface area contributed by atoms with Gasteiger partial charge in [-0.25, -0.2) is 4.98 Å². The molecule has 0 radical (unpaired) electrons. The Morgan fingerprint density at radius 1 is 1.25 bits per heavy atom. The molecule has 0 unspecified atom stereocenters. The van der Waals surface area contributed by atoms with Gasteiger partial charge in [-0.3, -0.25) is 0 Å². The van der Waals surface area contributed by atoms with Crippen molar-refractivity contribution in [3.05, 3.63) is 11.8 Å². The van der Waals surface area contributed by atoms with Crippen molar-refractivity contribution < 1.29 is 0 Å². The third-order valence-corrected chi connectivity index (χ3v) is 3.16. The first-order valence-corrected chi connectivity index (χ1v) is 5.94. The van der Waals surface area contributed by atoms with Gasteiger partial charge in [0.2, 0.25) is 5.95 Å². The van der Waals surface area contributed by atoms with E-state index in [1.807, 2.05) is 26.0 Å². The first-order chi connectivity index (χ1) is 7.70. The predicted octanol–water partition coefficient (Wildman–Crippen LogP) is 2.24. The molecule has 0 amide bonds. The fourth-order valence-electron chi connectivity index (χ4n) is 2.21. The Morgan fingerprint density at radius 2 is 1.94 bits per heavy atom. The van der Waals surface area contributed by atoms with Gasteiger partial charge < -0.3 is 10.2 Å². The zero-order valence-electron chi connectivity index (χ0n) is 10.3. The van der Waals surface area contributed by atoms with Gasteiger partial charge in [-0.05, 0) is 12.8 Å². The van der Waals surface area contributed by atoms with Gasteiger partial charge in [0.1, 0.15) is 5.82 Å². The lowest BCUT2D eigenvalue weighted by atomic mass is 10.0. The summed E-state index contributed by atoms with van der Waals surface area (Å²) in [5.41, 5.74) is 1.19. The van der Waals surface area contributed by atoms with E-state index in [4.69, 9.17) is 0 Å². The topological polar surface area (TPSA) is 41.1 Å². The van der Waals surface area contributed by atoms with E-state index in [1.165, 1.54) is 31.4 Å². The van der Waals surface area contributed by atoms with E-state index in [1.54, 1.807) is 0 Å². The minimum atomic E-state index is 0.633. The van der Waals surface area contributed by atoms with Crippen LogP contribution >= 0.6 is 0 Å². The Hall–Kier alpha value is -1.32. The standard InChI is InChI=1S/C12H20N4/c1-13-11-8-10(9-6-4-5-7-9)14-12(15-11)16(2)3/h8-9H,4-7H2,1-3H3,(H,13,14,15). The van der Waals surface area contributed by atoms with E-state index in [0.29, 0.717) is 5.92 Å². The lowest BCUT2D eigenvalue weighted by Crippen LogP contribution is -2.15. The lowest BCUT2D eigenvalue weighted by molar-refractivity contribution is 0.693. The predicted molar refractivity (Wildman–Crippen MR) is 67.1 cm³/mol. The zero-order valence-corrected chi connectivity index (χ0v) is 10.3. The van der Waals surface area contributed by atoms with E-state index >= 15 is 0 Å². The lowest BCUT2D eigenvalue weighted by Gasteiger charge is -2.16. The molecular weight excluding hydrogens is 200 g/mol. The summed E-state index contributed by atoms with van der Waals surface area (Å²) < 4.78 is 0. The summed E-state index contributed by atoms with van der Waals surface area (Å²) in [4.78, 5) is 11.0. The van der Waals surface area contributed by atoms with Crippen LogP contribution in [0.5, 0.6) is 0 Å². The van der Waals surface area contributed by atoms with Crippen molar-refractivity contribution in [3.8, 4) is 0 Å². The van der Waals surface area contributed by atoms with E-state index in [9.17, 15) is 0 Å². The molecule has 1 saturated carbocycles. The number of rotatable bonds is 3. The van der Waals surface area contributed by atoms with Crippen LogP contribution in [0.4, 0.5) is 11.8 Å². The Bertz CT molecular complexity index is 356. The molecule has 0 bridgehead atoms. The number of nitrogens with zero attached hydrogens (tertiary/aromatic N) is 3. The van der Waals surface area contributed by atoms with Crippen molar-refractivity contribution in [1.82, 2.24) is 9.97 Å². The molecule has 0 atom stereocenters. The van der Waals surface area contributed by atoms with Crippen molar-refractivity contribution in [2.24, 2.45) is 0 Å². The van der Waals surface area contributed by atoms with Crippen molar-refractivity contribution in [2.75, 3.05) is 31.4 Å². The number of nitrogens with one attached hydrogen (secondary N) is 1. The summed E-state index contributed by atoms with van der Waals surface area (Å²) in [6.45, 7) is 0. The average molecular weight is 220 g/mol. The van der Waals surface area contributed by atoms with Crippen LogP contribution in [-0.2, 0) is 0 Å². The number of hydrogen-bond donors (Lipinski definition) is 1. The molecule has 1 N–H and O–H groups in total. The second-order valence-electron chi connectivity index (χ2n) is 4.60. The number of anilines is 2. The van der Waals surface area contributed by atoms with E-state index in [2.05, 4.69) is 21.4 Å². The van der Waals surface area contributed by atoms with Crippen LogP contribution in [0.15, 0.2) is 6.07 Å². The van der Waals surface area contributed by atoms with Gasteiger partial charge in [-0.1, -0.05) is 12.8 Å². The van der Waals surface area contributed by atoms with Crippen molar-refractivity contribution >= 4 is 11.8 Å². The van der Waals surface area contributed by atoms with Gasteiger partial charge >= 0.3 is 0 Å². The number of aromatic nitrogens is 2. The molecule has 0 spiro atoms. The molecule has 0 aliphatic heterocycles. The molecule has 2 rings (SSSR count). The second-order valence-corrected chi connectivity index (χ2v) is 4.60. The van der Waals surface area contributed by atoms with E-state index in [-0.39, 0.29) is 0 Å². The van der Waals surface area contributed by atoms with Crippen LogP contribution in [0.2, 0.25) is 0 Å². The maximum absolute atomic E-state index is 4.64. The van der Waals surface area contributed by atoms with Crippen molar-refractivity contribution in [1.29, 1.82) is 0 Å². The molecule has 88 valence electrons. The minimum Gasteiger partial charge on any atom is -0.373 e. The van der Waals surface area contributed by atoms with Crippen LogP contribution in [0.3, 0.4) is 0 Å². The molecule has 0 aromatic carbocycles. The smallest absolute Gasteiger partial charge is 0.227 e. The van der Waals surface area contributed by atoms with Crippen LogP contribution in [0.1, 0.15) is 37.3 Å². The largest absolute Gasteiger partial charge is 0.373 e. The van der Waals surface area contributed by atoms with Gasteiger partial charge in [0.05, 0.1) is 5.69 Å². The maximum atomic E-state index is 4.64. The SMILES string of the molecule is CNc1cc(C2CCCC2)nc(N(C)C)n1. The van der Waals surface area contributed by atoms with Gasteiger partial charge in [0.25, 0.3) is 0 Å². The van der Waals surface area contributed by atoms with Gasteiger partial charge in [0.15, 0.2) is 0 Å². The Balaban J connectivity index is 2.32. The monoisotopic (exact) mass is 220 g/mol. The van der Waals surface area contributed by atoms with E-state index in [0.717, 1.165) is 11.8 Å². The molecule has 1 aromatic rings. The fourth-order valence-corrected chi connectivity index (χ4v) is 2.21. The second kappa shape index (κ2) is 4.68. The molecule has 16 heavy (non-hydrogen) atoms. The Kier molecular flexibility index (Phi) is 3.27. The van der Waals surface area contributed by atoms with Gasteiger partial charge in [-0.2, -0.15) is 4.98 Å². The quantitative estimate of drug-likeness (QED) is 0.848. The summed E-state index contributed by atoms with van der Waals surface area (Å²) in [5.74, 6) is 2.35. The molecule has 0 saturated heterocycles. The van der Waals surface area contributed by atoms with Crippen LogP contribution in [0, 0.1) is 0 Å². The van der Waals surface area contributed by atoms with Crippen LogP contribution in [-0.4, -0.2) is 31.1 Å². The van der Waals surface area contributed by atoms with Crippen molar-refractivity contribution in [2.45, 2.75) is 31.6 Å². The molecule has 1 aliphatic carbocycles. The summed E-state index contributed by atoms with van der Waals surface area (Å²) in [6, 6.07) is 2.09.